The van der Waals surface area contributed by atoms with Gasteiger partial charge in [0.25, 0.3) is 0 Å². The van der Waals surface area contributed by atoms with E-state index in [4.69, 9.17) is 11.6 Å². The van der Waals surface area contributed by atoms with E-state index in [1.54, 1.807) is 0 Å². The van der Waals surface area contributed by atoms with Gasteiger partial charge in [-0.2, -0.15) is 0 Å². The molecule has 0 aliphatic rings. The normalized spacial score (nSPS) is 12.2. The van der Waals surface area contributed by atoms with Crippen LogP contribution in [0.2, 0.25) is 5.02 Å². The second-order valence-electron chi connectivity index (χ2n) is 4.45. The molecule has 0 atom stereocenters. The van der Waals surface area contributed by atoms with Crippen molar-refractivity contribution in [2.45, 2.75) is 0 Å². The van der Waals surface area contributed by atoms with Gasteiger partial charge in [0, 0.05) is 0 Å². The summed E-state index contributed by atoms with van der Waals surface area (Å²) < 4.78 is 0. The van der Waals surface area contributed by atoms with Gasteiger partial charge in [0.15, 0.2) is 0 Å². The zero-order valence-electron chi connectivity index (χ0n) is 10.2. The second-order valence-corrected chi connectivity index (χ2v) is 8.51. The molecule has 1 heterocycles. The monoisotopic (exact) mass is 283 g/mol. The molecule has 0 saturated heterocycles. The Morgan fingerprint density at radius 2 is 2.00 bits per heavy atom. The summed E-state index contributed by atoms with van der Waals surface area (Å²) in [6, 6.07) is 7.64. The van der Waals surface area contributed by atoms with Crippen LogP contribution in [0.1, 0.15) is 0 Å². The van der Waals surface area contributed by atoms with Gasteiger partial charge >= 0.3 is 111 Å². The van der Waals surface area contributed by atoms with Crippen LogP contribution in [-0.4, -0.2) is 28.2 Å². The molecule has 18 heavy (non-hydrogen) atoms. The van der Waals surface area contributed by atoms with E-state index in [1.807, 2.05) is 37.6 Å². The molecule has 1 aromatic heterocycles. The molecule has 2 aromatic rings. The number of aromatic nitrogens is 2. The van der Waals surface area contributed by atoms with E-state index in [-0.39, 0.29) is 0 Å². The number of benzene rings is 1. The molecule has 4 nitrogen and oxygen atoms in total. The first-order chi connectivity index (χ1) is 8.48. The van der Waals surface area contributed by atoms with Gasteiger partial charge < -0.3 is 0 Å². The molecule has 6 heteroatoms. The fourth-order valence-electron chi connectivity index (χ4n) is 1.66. The van der Waals surface area contributed by atoms with E-state index in [0.29, 0.717) is 10.8 Å². The van der Waals surface area contributed by atoms with Gasteiger partial charge in [0.1, 0.15) is 0 Å². The van der Waals surface area contributed by atoms with Crippen LogP contribution >= 0.6 is 19.1 Å². The summed E-state index contributed by atoms with van der Waals surface area (Å²) >= 11 is 6.00. The molecule has 0 aliphatic heterocycles. The Labute approximate surface area is 111 Å². The molecule has 0 unspecified atom stereocenters. The van der Waals surface area contributed by atoms with Gasteiger partial charge in [0.2, 0.25) is 0 Å². The predicted octanol–water partition coefficient (Wildman–Crippen LogP) is 2.42. The van der Waals surface area contributed by atoms with Crippen LogP contribution < -0.4 is 10.6 Å². The molecule has 2 rings (SSSR count). The second kappa shape index (κ2) is 5.19. The number of hydrogen-bond acceptors (Lipinski definition) is 4. The molecule has 1 aromatic carbocycles. The predicted molar refractivity (Wildman–Crippen MR) is 78.8 cm³/mol. The number of rotatable bonds is 3. The maximum atomic E-state index is 10.3. The first kappa shape index (κ1) is 13.2. The van der Waals surface area contributed by atoms with Crippen molar-refractivity contribution in [2.24, 2.45) is 0 Å². The van der Waals surface area contributed by atoms with Crippen LogP contribution in [0, 0.1) is 0 Å². The first-order valence-electron chi connectivity index (χ1n) is 5.53. The Balaban J connectivity index is 2.39. The summed E-state index contributed by atoms with van der Waals surface area (Å²) in [6.45, 7) is 3.74. The van der Waals surface area contributed by atoms with Crippen LogP contribution in [0.15, 0.2) is 36.8 Å². The third-order valence-corrected chi connectivity index (χ3v) is 4.54. The Morgan fingerprint density at radius 1 is 1.28 bits per heavy atom. The van der Waals surface area contributed by atoms with E-state index < -0.39 is 7.49 Å². The number of halogens is 1. The third kappa shape index (κ3) is 2.96. The number of anilines is 2. The quantitative estimate of drug-likeness (QED) is 0.850. The number of para-hydroxylation sites is 1. The average Bonchev–Trinajstić information content (AvgIpc) is 2.31. The topological polar surface area (TPSA) is 58.0 Å². The van der Waals surface area contributed by atoms with Crippen molar-refractivity contribution in [3.05, 3.63) is 41.8 Å². The molecular formula is C12H15ClN3OP. The average molecular weight is 284 g/mol. The fraction of sp³-hybridized carbons (Fsp3) is 0.167. The molecule has 0 radical (unpaired) electrons. The van der Waals surface area contributed by atoms with Crippen molar-refractivity contribution in [3.8, 4) is 0 Å². The Hall–Kier alpha value is -1.22. The molecule has 0 amide bonds. The van der Waals surface area contributed by atoms with E-state index >= 15 is 0 Å². The van der Waals surface area contributed by atoms with E-state index in [0.717, 1.165) is 11.0 Å². The molecular weight excluding hydrogens is 269 g/mol. The number of nitrogens with one attached hydrogen (secondary N) is 1. The molecule has 0 fully saturated rings. The van der Waals surface area contributed by atoms with E-state index in [9.17, 15) is 4.89 Å². The summed E-state index contributed by atoms with van der Waals surface area (Å²) in [4.78, 5) is 18.2. The zero-order chi connectivity index (χ0) is 13.2. The van der Waals surface area contributed by atoms with Crippen molar-refractivity contribution in [1.82, 2.24) is 9.97 Å². The minimum absolute atomic E-state index is 0.449. The van der Waals surface area contributed by atoms with Crippen molar-refractivity contribution in [2.75, 3.05) is 18.6 Å². The molecule has 96 valence electrons. The van der Waals surface area contributed by atoms with Crippen molar-refractivity contribution in [1.29, 1.82) is 0 Å². The van der Waals surface area contributed by atoms with Crippen LogP contribution in [0.4, 0.5) is 11.5 Å². The van der Waals surface area contributed by atoms with Gasteiger partial charge in [-0.25, -0.2) is 0 Å². The summed E-state index contributed by atoms with van der Waals surface area (Å²) in [5.74, 6) is 0.539. The van der Waals surface area contributed by atoms with Gasteiger partial charge in [-0.05, 0) is 0 Å². The van der Waals surface area contributed by atoms with Crippen LogP contribution in [0.3, 0.4) is 0 Å². The zero-order valence-corrected chi connectivity index (χ0v) is 11.9. The minimum atomic E-state index is -2.40. The Kier molecular flexibility index (Phi) is 3.81. The maximum absolute atomic E-state index is 10.3. The van der Waals surface area contributed by atoms with Gasteiger partial charge in [-0.3, -0.25) is 0 Å². The standard InChI is InChI=1S/C12H15ClN3OP/c1-18(2,17)11-6-4-3-5-10(11)16-12-9(13)7-14-8-15-12/h3-8,17-18H,1-2H3,(H,14,15,16). The van der Waals surface area contributed by atoms with Crippen LogP contribution in [0.25, 0.3) is 0 Å². The molecule has 0 aliphatic carbocycles. The van der Waals surface area contributed by atoms with Gasteiger partial charge in [-0.1, -0.05) is 0 Å². The Morgan fingerprint density at radius 3 is 2.67 bits per heavy atom. The van der Waals surface area contributed by atoms with Crippen LogP contribution in [0.5, 0.6) is 0 Å². The molecule has 2 N–H and O–H groups in total. The first-order valence-corrected chi connectivity index (χ1v) is 8.85. The van der Waals surface area contributed by atoms with Crippen molar-refractivity contribution in [3.63, 3.8) is 0 Å². The molecule has 0 saturated carbocycles. The van der Waals surface area contributed by atoms with Crippen molar-refractivity contribution >= 4 is 35.9 Å². The fourth-order valence-corrected chi connectivity index (χ4v) is 3.12. The van der Waals surface area contributed by atoms with Crippen molar-refractivity contribution < 1.29 is 4.89 Å². The van der Waals surface area contributed by atoms with E-state index in [1.165, 1.54) is 12.5 Å². The Bertz CT molecular complexity index is 557. The summed E-state index contributed by atoms with van der Waals surface area (Å²) in [5, 5.41) is 4.50. The van der Waals surface area contributed by atoms with Crippen LogP contribution in [-0.2, 0) is 0 Å². The number of hydrogen-bond donors (Lipinski definition) is 2. The molecule has 0 bridgehead atoms. The third-order valence-electron chi connectivity index (χ3n) is 2.51. The van der Waals surface area contributed by atoms with Gasteiger partial charge in [-0.15, -0.1) is 0 Å². The summed E-state index contributed by atoms with van der Waals surface area (Å²) in [5.41, 5.74) is 0.831. The van der Waals surface area contributed by atoms with E-state index in [2.05, 4.69) is 15.3 Å². The van der Waals surface area contributed by atoms with Gasteiger partial charge in [0.05, 0.1) is 0 Å². The summed E-state index contributed by atoms with van der Waals surface area (Å²) in [7, 11) is -2.40. The SMILES string of the molecule is C[PH](C)(O)c1ccccc1Nc1ncncc1Cl. The molecule has 0 spiro atoms. The summed E-state index contributed by atoms with van der Waals surface area (Å²) in [6.07, 6.45) is 2.96. The number of nitrogens with zero attached hydrogens (tertiary/aromatic N) is 2.